The number of carbonyl (C=O) groups excluding carboxylic acids is 1. The van der Waals surface area contributed by atoms with Gasteiger partial charge in [-0.25, -0.2) is 0 Å². The van der Waals surface area contributed by atoms with Gasteiger partial charge in [-0.15, -0.1) is 0 Å². The van der Waals surface area contributed by atoms with E-state index in [4.69, 9.17) is 0 Å². The van der Waals surface area contributed by atoms with Crippen LogP contribution in [-0.4, -0.2) is 26.7 Å². The molecule has 3 N–H and O–H groups in total. The molecule has 0 saturated heterocycles. The summed E-state index contributed by atoms with van der Waals surface area (Å²) in [6, 6.07) is 8.57. The highest BCUT2D eigenvalue weighted by Gasteiger charge is 2.06. The van der Waals surface area contributed by atoms with Gasteiger partial charge in [-0.2, -0.15) is 4.98 Å². The molecular weight excluding hydrogens is 290 g/mol. The predicted octanol–water partition coefficient (Wildman–Crippen LogP) is 1.77. The number of aryl methyl sites for hydroxylation is 1. The summed E-state index contributed by atoms with van der Waals surface area (Å²) in [7, 11) is 0. The van der Waals surface area contributed by atoms with Gasteiger partial charge in [-0.05, 0) is 24.1 Å². The molecule has 0 radical (unpaired) electrons. The van der Waals surface area contributed by atoms with Gasteiger partial charge >= 0.3 is 0 Å². The standard InChI is InChI=1S/C14H15N3O3S/c1-2-9-3-5-10(6-4-9)15-13(20)8-21-14-16-11(18)7-12(19)17-14/h3-7H,2,8H2,1H3,(H,15,20)(H2,16,17,18,19). The molecule has 1 amide bonds. The van der Waals surface area contributed by atoms with E-state index >= 15 is 0 Å². The maximum Gasteiger partial charge on any atom is 0.255 e. The normalized spacial score (nSPS) is 10.3. The van der Waals surface area contributed by atoms with Crippen molar-refractivity contribution >= 4 is 23.4 Å². The smallest absolute Gasteiger partial charge is 0.255 e. The van der Waals surface area contributed by atoms with E-state index in [1.54, 1.807) is 0 Å². The Kier molecular flexibility index (Phi) is 4.99. The van der Waals surface area contributed by atoms with E-state index in [-0.39, 0.29) is 22.7 Å². The lowest BCUT2D eigenvalue weighted by atomic mass is 10.1. The van der Waals surface area contributed by atoms with Crippen molar-refractivity contribution in [1.29, 1.82) is 0 Å². The van der Waals surface area contributed by atoms with Gasteiger partial charge in [0.2, 0.25) is 11.8 Å². The first-order valence-corrected chi connectivity index (χ1v) is 7.37. The number of thioether (sulfide) groups is 1. The number of hydrogen-bond acceptors (Lipinski definition) is 5. The maximum atomic E-state index is 11.8. The monoisotopic (exact) mass is 305 g/mol. The molecule has 110 valence electrons. The van der Waals surface area contributed by atoms with E-state index in [1.807, 2.05) is 24.3 Å². The van der Waals surface area contributed by atoms with Gasteiger partial charge < -0.3 is 15.4 Å². The Labute approximate surface area is 125 Å². The molecule has 0 unspecified atom stereocenters. The summed E-state index contributed by atoms with van der Waals surface area (Å²) >= 11 is 1.05. The topological polar surface area (TPSA) is 95.1 Å². The number of H-pyrrole nitrogens is 1. The van der Waals surface area contributed by atoms with Crippen LogP contribution in [0, 0.1) is 0 Å². The summed E-state index contributed by atoms with van der Waals surface area (Å²) in [5.41, 5.74) is 1.46. The van der Waals surface area contributed by atoms with Crippen molar-refractivity contribution in [2.75, 3.05) is 11.1 Å². The van der Waals surface area contributed by atoms with Crippen LogP contribution in [-0.2, 0) is 11.2 Å². The number of aromatic hydroxyl groups is 1. The zero-order valence-corrected chi connectivity index (χ0v) is 12.2. The number of aromatic amines is 1. The largest absolute Gasteiger partial charge is 0.493 e. The van der Waals surface area contributed by atoms with Crippen molar-refractivity contribution in [3.05, 3.63) is 46.2 Å². The molecule has 1 heterocycles. The quantitative estimate of drug-likeness (QED) is 0.578. The van der Waals surface area contributed by atoms with Crippen molar-refractivity contribution in [2.24, 2.45) is 0 Å². The van der Waals surface area contributed by atoms with E-state index in [1.165, 1.54) is 5.56 Å². The zero-order chi connectivity index (χ0) is 15.2. The Balaban J connectivity index is 1.90. The highest BCUT2D eigenvalue weighted by atomic mass is 32.2. The van der Waals surface area contributed by atoms with E-state index in [0.717, 1.165) is 29.9 Å². The molecule has 1 aromatic carbocycles. The lowest BCUT2D eigenvalue weighted by molar-refractivity contribution is -0.113. The molecule has 0 bridgehead atoms. The van der Waals surface area contributed by atoms with Crippen LogP contribution in [0.2, 0.25) is 0 Å². The molecule has 0 atom stereocenters. The van der Waals surface area contributed by atoms with Gasteiger partial charge in [0.1, 0.15) is 0 Å². The first-order chi connectivity index (χ1) is 10.1. The molecule has 0 saturated carbocycles. The van der Waals surface area contributed by atoms with Crippen LogP contribution < -0.4 is 10.9 Å². The van der Waals surface area contributed by atoms with E-state index in [2.05, 4.69) is 22.2 Å². The molecule has 2 rings (SSSR count). The molecule has 21 heavy (non-hydrogen) atoms. The number of carbonyl (C=O) groups is 1. The van der Waals surface area contributed by atoms with Crippen LogP contribution >= 0.6 is 11.8 Å². The summed E-state index contributed by atoms with van der Waals surface area (Å²) in [6.07, 6.45) is 0.945. The predicted molar refractivity (Wildman–Crippen MR) is 81.7 cm³/mol. The minimum absolute atomic E-state index is 0.0852. The third kappa shape index (κ3) is 4.64. The van der Waals surface area contributed by atoms with Crippen LogP contribution in [0.25, 0.3) is 0 Å². The number of nitrogens with zero attached hydrogens (tertiary/aromatic N) is 1. The van der Waals surface area contributed by atoms with Crippen LogP contribution in [0.1, 0.15) is 12.5 Å². The fourth-order valence-electron chi connectivity index (χ4n) is 1.65. The summed E-state index contributed by atoms with van der Waals surface area (Å²) in [4.78, 5) is 29.1. The first kappa shape index (κ1) is 15.1. The van der Waals surface area contributed by atoms with Crippen LogP contribution in [0.5, 0.6) is 5.88 Å². The lowest BCUT2D eigenvalue weighted by Gasteiger charge is -2.05. The van der Waals surface area contributed by atoms with Crippen LogP contribution in [0.15, 0.2) is 40.3 Å². The van der Waals surface area contributed by atoms with Crippen molar-refractivity contribution in [3.8, 4) is 5.88 Å². The fraction of sp³-hybridized carbons (Fsp3) is 0.214. The van der Waals surface area contributed by atoms with Gasteiger partial charge in [-0.1, -0.05) is 30.8 Å². The second kappa shape index (κ2) is 6.94. The highest BCUT2D eigenvalue weighted by Crippen LogP contribution is 2.15. The first-order valence-electron chi connectivity index (χ1n) is 6.38. The van der Waals surface area contributed by atoms with Crippen molar-refractivity contribution < 1.29 is 9.90 Å². The summed E-state index contributed by atoms with van der Waals surface area (Å²) < 4.78 is 0. The minimum atomic E-state index is -0.458. The maximum absolute atomic E-state index is 11.8. The number of rotatable bonds is 5. The number of aromatic nitrogens is 2. The van der Waals surface area contributed by atoms with Crippen LogP contribution in [0.4, 0.5) is 5.69 Å². The molecular formula is C14H15N3O3S. The van der Waals surface area contributed by atoms with Gasteiger partial charge in [0, 0.05) is 5.69 Å². The Morgan fingerprint density at radius 2 is 2.10 bits per heavy atom. The summed E-state index contributed by atoms with van der Waals surface area (Å²) in [6.45, 7) is 2.06. The SMILES string of the molecule is CCc1ccc(NC(=O)CSc2nc(O)cc(=O)[nH]2)cc1. The minimum Gasteiger partial charge on any atom is -0.493 e. The van der Waals surface area contributed by atoms with Crippen molar-refractivity contribution in [2.45, 2.75) is 18.5 Å². The molecule has 7 heteroatoms. The molecule has 0 aliphatic heterocycles. The van der Waals surface area contributed by atoms with Gasteiger partial charge in [0.25, 0.3) is 5.56 Å². The molecule has 6 nitrogen and oxygen atoms in total. The number of anilines is 1. The summed E-state index contributed by atoms with van der Waals surface area (Å²) in [5, 5.41) is 12.2. The molecule has 0 spiro atoms. The second-order valence-electron chi connectivity index (χ2n) is 4.30. The average Bonchev–Trinajstić information content (AvgIpc) is 2.45. The van der Waals surface area contributed by atoms with E-state index in [9.17, 15) is 14.7 Å². The Morgan fingerprint density at radius 1 is 1.38 bits per heavy atom. The van der Waals surface area contributed by atoms with Gasteiger partial charge in [0.15, 0.2) is 5.16 Å². The number of nitrogens with one attached hydrogen (secondary N) is 2. The third-order valence-corrected chi connectivity index (χ3v) is 3.57. The van der Waals surface area contributed by atoms with E-state index in [0.29, 0.717) is 0 Å². The summed E-state index contributed by atoms with van der Waals surface area (Å²) in [5.74, 6) is -0.492. The molecule has 0 aliphatic rings. The zero-order valence-electron chi connectivity index (χ0n) is 11.4. The number of hydrogen-bond donors (Lipinski definition) is 3. The Morgan fingerprint density at radius 3 is 2.71 bits per heavy atom. The van der Waals surface area contributed by atoms with Gasteiger partial charge in [-0.3, -0.25) is 9.59 Å². The van der Waals surface area contributed by atoms with Crippen LogP contribution in [0.3, 0.4) is 0 Å². The van der Waals surface area contributed by atoms with Crippen molar-refractivity contribution in [1.82, 2.24) is 9.97 Å². The highest BCUT2D eigenvalue weighted by molar-refractivity contribution is 7.99. The Hall–Kier alpha value is -2.28. The van der Waals surface area contributed by atoms with E-state index < -0.39 is 5.56 Å². The molecule has 0 fully saturated rings. The third-order valence-electron chi connectivity index (χ3n) is 2.69. The van der Waals surface area contributed by atoms with Crippen molar-refractivity contribution in [3.63, 3.8) is 0 Å². The average molecular weight is 305 g/mol. The molecule has 1 aromatic heterocycles. The van der Waals surface area contributed by atoms with Gasteiger partial charge in [0.05, 0.1) is 11.8 Å². The molecule has 0 aliphatic carbocycles. The number of amides is 1. The number of benzene rings is 1. The Bertz CT molecular complexity index is 683. The molecule has 2 aromatic rings. The second-order valence-corrected chi connectivity index (χ2v) is 5.26. The lowest BCUT2D eigenvalue weighted by Crippen LogP contribution is -2.15. The fourth-order valence-corrected chi connectivity index (χ4v) is 2.32.